The number of halogens is 1. The topological polar surface area (TPSA) is 47.5 Å². The van der Waals surface area contributed by atoms with E-state index in [0.717, 1.165) is 17.3 Å². The van der Waals surface area contributed by atoms with Crippen molar-refractivity contribution in [1.82, 2.24) is 9.97 Å². The van der Waals surface area contributed by atoms with Crippen molar-refractivity contribution in [2.45, 2.75) is 25.9 Å². The zero-order chi connectivity index (χ0) is 12.0. The molecule has 0 radical (unpaired) electrons. The van der Waals surface area contributed by atoms with E-state index in [-0.39, 0.29) is 17.4 Å². The predicted octanol–water partition coefficient (Wildman–Crippen LogP) is 1.42. The van der Waals surface area contributed by atoms with Gasteiger partial charge in [-0.2, -0.15) is 4.98 Å². The molecule has 0 aromatic carbocycles. The van der Waals surface area contributed by atoms with Gasteiger partial charge in [0.1, 0.15) is 6.61 Å². The fourth-order valence-corrected chi connectivity index (χ4v) is 2.65. The van der Waals surface area contributed by atoms with Gasteiger partial charge in [0, 0.05) is 0 Å². The molecule has 0 amide bonds. The van der Waals surface area contributed by atoms with Crippen molar-refractivity contribution in [3.05, 3.63) is 11.0 Å². The van der Waals surface area contributed by atoms with Crippen molar-refractivity contribution < 1.29 is 9.47 Å². The first-order valence-corrected chi connectivity index (χ1v) is 6.07. The minimum Gasteiger partial charge on any atom is -0.486 e. The number of ether oxygens (including phenoxy) is 2. The van der Waals surface area contributed by atoms with Crippen LogP contribution >= 0.6 is 11.6 Å². The normalized spacial score (nSPS) is 27.1. The molecule has 2 aliphatic heterocycles. The summed E-state index contributed by atoms with van der Waals surface area (Å²) in [6.07, 6.45) is 0. The van der Waals surface area contributed by atoms with Crippen LogP contribution in [-0.2, 0) is 4.74 Å². The van der Waals surface area contributed by atoms with E-state index in [1.54, 1.807) is 0 Å². The van der Waals surface area contributed by atoms with Crippen LogP contribution in [0.15, 0.2) is 0 Å². The van der Waals surface area contributed by atoms with E-state index < -0.39 is 0 Å². The molecule has 0 spiro atoms. The molecule has 0 N–H and O–H groups in total. The molecule has 92 valence electrons. The van der Waals surface area contributed by atoms with E-state index in [1.165, 1.54) is 0 Å². The molecule has 17 heavy (non-hydrogen) atoms. The number of morpholine rings is 1. The Morgan fingerprint density at radius 1 is 1.29 bits per heavy atom. The molecule has 2 aliphatic rings. The van der Waals surface area contributed by atoms with Gasteiger partial charge >= 0.3 is 0 Å². The van der Waals surface area contributed by atoms with Crippen LogP contribution in [-0.4, -0.2) is 41.9 Å². The van der Waals surface area contributed by atoms with Crippen LogP contribution in [0.1, 0.15) is 12.6 Å². The fourth-order valence-electron chi connectivity index (χ4n) is 2.44. The second kappa shape index (κ2) is 3.99. The third-order valence-corrected chi connectivity index (χ3v) is 3.36. The van der Waals surface area contributed by atoms with Crippen LogP contribution in [0.4, 0.5) is 5.82 Å². The average Bonchev–Trinajstić information content (AvgIpc) is 2.28. The van der Waals surface area contributed by atoms with E-state index in [0.29, 0.717) is 19.8 Å². The SMILES string of the molecule is Cc1nc(Cl)nc2c1OC[C@@H]1COC[C@@H](C)N21. The zero-order valence-corrected chi connectivity index (χ0v) is 10.6. The van der Waals surface area contributed by atoms with Gasteiger partial charge in [0.05, 0.1) is 31.0 Å². The molecule has 5 nitrogen and oxygen atoms in total. The van der Waals surface area contributed by atoms with Crippen LogP contribution in [0.2, 0.25) is 5.28 Å². The van der Waals surface area contributed by atoms with Crippen LogP contribution in [0, 0.1) is 6.92 Å². The lowest BCUT2D eigenvalue weighted by atomic mass is 10.1. The Morgan fingerprint density at radius 3 is 2.94 bits per heavy atom. The molecule has 1 aromatic heterocycles. The highest BCUT2D eigenvalue weighted by molar-refractivity contribution is 6.28. The Morgan fingerprint density at radius 2 is 2.12 bits per heavy atom. The number of aromatic nitrogens is 2. The van der Waals surface area contributed by atoms with Crippen LogP contribution in [0.25, 0.3) is 0 Å². The summed E-state index contributed by atoms with van der Waals surface area (Å²) in [4.78, 5) is 10.7. The highest BCUT2D eigenvalue weighted by Gasteiger charge is 2.36. The van der Waals surface area contributed by atoms with Crippen molar-refractivity contribution >= 4 is 17.4 Å². The number of hydrogen-bond donors (Lipinski definition) is 0. The number of rotatable bonds is 0. The number of hydrogen-bond acceptors (Lipinski definition) is 5. The second-order valence-corrected chi connectivity index (χ2v) is 4.83. The number of fused-ring (bicyclic) bond motifs is 3. The smallest absolute Gasteiger partial charge is 0.224 e. The molecule has 2 atom stereocenters. The summed E-state index contributed by atoms with van der Waals surface area (Å²) in [5, 5.41) is 0.268. The first kappa shape index (κ1) is 11.0. The Hall–Kier alpha value is -1.07. The monoisotopic (exact) mass is 255 g/mol. The summed E-state index contributed by atoms with van der Waals surface area (Å²) in [5.41, 5.74) is 0.789. The average molecular weight is 256 g/mol. The summed E-state index contributed by atoms with van der Waals surface area (Å²) in [6.45, 7) is 5.99. The Bertz CT molecular complexity index is 455. The van der Waals surface area contributed by atoms with Gasteiger partial charge in [-0.25, -0.2) is 4.98 Å². The van der Waals surface area contributed by atoms with Gasteiger partial charge in [0.15, 0.2) is 11.6 Å². The van der Waals surface area contributed by atoms with Crippen molar-refractivity contribution in [2.75, 3.05) is 24.7 Å². The molecule has 1 aromatic rings. The molecule has 3 rings (SSSR count). The lowest BCUT2D eigenvalue weighted by molar-refractivity contribution is 0.0484. The summed E-state index contributed by atoms with van der Waals surface area (Å²) in [7, 11) is 0. The molecule has 1 saturated heterocycles. The van der Waals surface area contributed by atoms with Gasteiger partial charge < -0.3 is 14.4 Å². The third-order valence-electron chi connectivity index (χ3n) is 3.19. The highest BCUT2D eigenvalue weighted by atomic mass is 35.5. The zero-order valence-electron chi connectivity index (χ0n) is 9.81. The van der Waals surface area contributed by atoms with E-state index >= 15 is 0 Å². The summed E-state index contributed by atoms with van der Waals surface area (Å²) >= 11 is 5.93. The lowest BCUT2D eigenvalue weighted by Crippen LogP contribution is -2.56. The maximum Gasteiger partial charge on any atom is 0.224 e. The molecule has 1 fully saturated rings. The van der Waals surface area contributed by atoms with Gasteiger partial charge in [-0.1, -0.05) is 0 Å². The molecule has 0 unspecified atom stereocenters. The van der Waals surface area contributed by atoms with Crippen LogP contribution in [0.5, 0.6) is 5.75 Å². The Labute approximate surface area is 105 Å². The first-order valence-electron chi connectivity index (χ1n) is 5.70. The standard InChI is InChI=1S/C11H14ClN3O2/c1-6-3-16-4-8-5-17-9-7(2)13-11(12)14-10(9)15(6)8/h6,8H,3-5H2,1-2H3/t6-,8+/m1/s1. The predicted molar refractivity (Wildman–Crippen MR) is 63.8 cm³/mol. The van der Waals surface area contributed by atoms with E-state index in [9.17, 15) is 0 Å². The van der Waals surface area contributed by atoms with Crippen molar-refractivity contribution in [2.24, 2.45) is 0 Å². The fraction of sp³-hybridized carbons (Fsp3) is 0.636. The molecular weight excluding hydrogens is 242 g/mol. The van der Waals surface area contributed by atoms with E-state index in [2.05, 4.69) is 21.8 Å². The summed E-state index contributed by atoms with van der Waals surface area (Å²) < 4.78 is 11.3. The molecule has 0 aliphatic carbocycles. The summed E-state index contributed by atoms with van der Waals surface area (Å²) in [6, 6.07) is 0.499. The van der Waals surface area contributed by atoms with Crippen LogP contribution < -0.4 is 9.64 Å². The summed E-state index contributed by atoms with van der Waals surface area (Å²) in [5.74, 6) is 1.55. The van der Waals surface area contributed by atoms with E-state index in [1.807, 2.05) is 6.92 Å². The molecule has 0 bridgehead atoms. The first-order chi connectivity index (χ1) is 8.16. The molecule has 0 saturated carbocycles. The number of aryl methyl sites for hydroxylation is 1. The van der Waals surface area contributed by atoms with Gasteiger partial charge in [-0.15, -0.1) is 0 Å². The molecule has 6 heteroatoms. The third kappa shape index (κ3) is 1.73. The second-order valence-electron chi connectivity index (χ2n) is 4.49. The van der Waals surface area contributed by atoms with E-state index in [4.69, 9.17) is 21.1 Å². The molecular formula is C11H14ClN3O2. The minimum atomic E-state index is 0.219. The quantitative estimate of drug-likeness (QED) is 0.657. The Kier molecular flexibility index (Phi) is 2.60. The van der Waals surface area contributed by atoms with Gasteiger partial charge in [-0.05, 0) is 25.4 Å². The lowest BCUT2D eigenvalue weighted by Gasteiger charge is -2.44. The Balaban J connectivity index is 2.09. The van der Waals surface area contributed by atoms with Gasteiger partial charge in [0.2, 0.25) is 5.28 Å². The van der Waals surface area contributed by atoms with Crippen molar-refractivity contribution in [3.63, 3.8) is 0 Å². The number of nitrogens with zero attached hydrogens (tertiary/aromatic N) is 3. The number of anilines is 1. The maximum atomic E-state index is 5.93. The largest absolute Gasteiger partial charge is 0.486 e. The minimum absolute atomic E-state index is 0.219. The molecule has 3 heterocycles. The van der Waals surface area contributed by atoms with Crippen LogP contribution in [0.3, 0.4) is 0 Å². The van der Waals surface area contributed by atoms with Crippen molar-refractivity contribution in [3.8, 4) is 5.75 Å². The van der Waals surface area contributed by atoms with Gasteiger partial charge in [0.25, 0.3) is 0 Å². The van der Waals surface area contributed by atoms with Crippen molar-refractivity contribution in [1.29, 1.82) is 0 Å². The maximum absolute atomic E-state index is 5.93. The van der Waals surface area contributed by atoms with Gasteiger partial charge in [-0.3, -0.25) is 0 Å². The highest BCUT2D eigenvalue weighted by Crippen LogP contribution is 2.37.